The number of nitrogens with zero attached hydrogens (tertiary/aromatic N) is 1. The average Bonchev–Trinajstić information content (AvgIpc) is 2.16. The number of alkyl halides is 1. The van der Waals surface area contributed by atoms with Crippen LogP contribution in [0.4, 0.5) is 10.1 Å². The Hall–Kier alpha value is -1.49. The molecule has 0 atom stereocenters. The van der Waals surface area contributed by atoms with Crippen molar-refractivity contribution in [3.05, 3.63) is 39.2 Å². The van der Waals surface area contributed by atoms with Gasteiger partial charge in [-0.2, -0.15) is 4.39 Å². The van der Waals surface area contributed by atoms with E-state index in [-0.39, 0.29) is 5.56 Å². The van der Waals surface area contributed by atoms with Crippen LogP contribution in [-0.4, -0.2) is 16.6 Å². The molecule has 0 amide bonds. The first kappa shape index (κ1) is 11.6. The van der Waals surface area contributed by atoms with Crippen molar-refractivity contribution in [2.24, 2.45) is 0 Å². The Morgan fingerprint density at radius 1 is 1.60 bits per heavy atom. The molecule has 0 fully saturated rings. The van der Waals surface area contributed by atoms with Crippen molar-refractivity contribution in [3.8, 4) is 0 Å². The minimum absolute atomic E-state index is 0.306. The number of carbonyl (C=O) groups excluding carboxylic acids is 1. The Bertz CT molecular complexity index is 434. The SMILES string of the molecule is Cc1ccc([N+](=O)[O-])c(F)c1C(=O)CCl. The van der Waals surface area contributed by atoms with Gasteiger partial charge in [-0.1, -0.05) is 6.07 Å². The number of hydrogen-bond acceptors (Lipinski definition) is 3. The van der Waals surface area contributed by atoms with Crippen LogP contribution in [0.5, 0.6) is 0 Å². The van der Waals surface area contributed by atoms with Gasteiger partial charge >= 0.3 is 5.69 Å². The van der Waals surface area contributed by atoms with Crippen molar-refractivity contribution in [2.75, 3.05) is 5.88 Å². The van der Waals surface area contributed by atoms with Gasteiger partial charge in [0.05, 0.1) is 16.4 Å². The van der Waals surface area contributed by atoms with Gasteiger partial charge in [0.1, 0.15) is 0 Å². The number of nitro groups is 1. The Labute approximate surface area is 89.8 Å². The molecular formula is C9H7ClFNO3. The fourth-order valence-corrected chi connectivity index (χ4v) is 1.35. The van der Waals surface area contributed by atoms with Crippen LogP contribution in [0.2, 0.25) is 0 Å². The highest BCUT2D eigenvalue weighted by Gasteiger charge is 2.23. The quantitative estimate of drug-likeness (QED) is 0.347. The molecule has 6 heteroatoms. The lowest BCUT2D eigenvalue weighted by Gasteiger charge is -2.04. The van der Waals surface area contributed by atoms with E-state index in [1.54, 1.807) is 0 Å². The van der Waals surface area contributed by atoms with Gasteiger partial charge in [0.2, 0.25) is 5.82 Å². The molecule has 0 aliphatic rings. The number of hydrogen-bond donors (Lipinski definition) is 0. The predicted molar refractivity (Wildman–Crippen MR) is 52.8 cm³/mol. The van der Waals surface area contributed by atoms with Gasteiger partial charge in [-0.05, 0) is 12.5 Å². The van der Waals surface area contributed by atoms with Crippen LogP contribution in [0.3, 0.4) is 0 Å². The van der Waals surface area contributed by atoms with Crippen LogP contribution >= 0.6 is 11.6 Å². The van der Waals surface area contributed by atoms with E-state index in [1.807, 2.05) is 0 Å². The fourth-order valence-electron chi connectivity index (χ4n) is 1.21. The maximum absolute atomic E-state index is 13.5. The first-order valence-electron chi connectivity index (χ1n) is 4.01. The summed E-state index contributed by atoms with van der Waals surface area (Å²) in [6.07, 6.45) is 0. The second-order valence-corrected chi connectivity index (χ2v) is 3.17. The molecule has 0 spiro atoms. The molecule has 0 aliphatic heterocycles. The zero-order valence-electron chi connectivity index (χ0n) is 7.79. The Morgan fingerprint density at radius 2 is 2.20 bits per heavy atom. The number of carbonyl (C=O) groups is 1. The molecule has 15 heavy (non-hydrogen) atoms. The normalized spacial score (nSPS) is 10.1. The van der Waals surface area contributed by atoms with Crippen LogP contribution in [0, 0.1) is 22.9 Å². The van der Waals surface area contributed by atoms with Crippen LogP contribution in [0.25, 0.3) is 0 Å². The predicted octanol–water partition coefficient (Wildman–Crippen LogP) is 2.46. The summed E-state index contributed by atoms with van der Waals surface area (Å²) in [4.78, 5) is 20.8. The third-order valence-electron chi connectivity index (χ3n) is 1.93. The van der Waals surface area contributed by atoms with Gasteiger partial charge in [0, 0.05) is 6.07 Å². The van der Waals surface area contributed by atoms with E-state index < -0.39 is 28.1 Å². The summed E-state index contributed by atoms with van der Waals surface area (Å²) in [6, 6.07) is 2.34. The number of benzene rings is 1. The zero-order valence-corrected chi connectivity index (χ0v) is 8.55. The lowest BCUT2D eigenvalue weighted by Crippen LogP contribution is -2.08. The van der Waals surface area contributed by atoms with Gasteiger partial charge in [0.15, 0.2) is 5.78 Å². The molecule has 0 bridgehead atoms. The van der Waals surface area contributed by atoms with Gasteiger partial charge in [0.25, 0.3) is 0 Å². The molecular weight excluding hydrogens is 225 g/mol. The maximum atomic E-state index is 13.5. The van der Waals surface area contributed by atoms with Crippen molar-refractivity contribution in [3.63, 3.8) is 0 Å². The molecule has 80 valence electrons. The number of rotatable bonds is 3. The highest BCUT2D eigenvalue weighted by atomic mass is 35.5. The van der Waals surface area contributed by atoms with Gasteiger partial charge < -0.3 is 0 Å². The Kier molecular flexibility index (Phi) is 3.36. The molecule has 0 aliphatic carbocycles. The first-order valence-corrected chi connectivity index (χ1v) is 4.55. The molecule has 1 aromatic carbocycles. The molecule has 0 saturated carbocycles. The number of nitro benzene ring substituents is 1. The second kappa shape index (κ2) is 4.35. The summed E-state index contributed by atoms with van der Waals surface area (Å²) in [5.41, 5.74) is -0.683. The molecule has 0 heterocycles. The summed E-state index contributed by atoms with van der Waals surface area (Å²) in [6.45, 7) is 1.49. The largest absolute Gasteiger partial charge is 0.305 e. The van der Waals surface area contributed by atoms with E-state index >= 15 is 0 Å². The molecule has 1 aromatic rings. The standard InChI is InChI=1S/C9H7ClFNO3/c1-5-2-3-6(12(14)15)9(11)8(5)7(13)4-10/h2-3H,4H2,1H3. The smallest absolute Gasteiger partial charge is 0.293 e. The minimum atomic E-state index is -1.12. The average molecular weight is 232 g/mol. The Balaban J connectivity index is 3.43. The molecule has 0 saturated heterocycles. The van der Waals surface area contributed by atoms with E-state index in [0.29, 0.717) is 5.56 Å². The van der Waals surface area contributed by atoms with Gasteiger partial charge in [-0.25, -0.2) is 0 Å². The molecule has 0 aromatic heterocycles. The maximum Gasteiger partial charge on any atom is 0.305 e. The van der Waals surface area contributed by atoms with Gasteiger partial charge in [-0.15, -0.1) is 11.6 Å². The molecule has 0 N–H and O–H groups in total. The number of halogens is 2. The van der Waals surface area contributed by atoms with E-state index in [4.69, 9.17) is 11.6 Å². The van der Waals surface area contributed by atoms with Crippen LogP contribution < -0.4 is 0 Å². The van der Waals surface area contributed by atoms with E-state index in [2.05, 4.69) is 0 Å². The van der Waals surface area contributed by atoms with Crippen molar-refractivity contribution in [2.45, 2.75) is 6.92 Å². The molecule has 0 radical (unpaired) electrons. The Morgan fingerprint density at radius 3 is 2.67 bits per heavy atom. The number of Topliss-reactive ketones (excluding diaryl/α,β-unsaturated/α-hetero) is 1. The summed E-state index contributed by atoms with van der Waals surface area (Å²) in [7, 11) is 0. The summed E-state index contributed by atoms with van der Waals surface area (Å²) < 4.78 is 13.5. The second-order valence-electron chi connectivity index (χ2n) is 2.90. The summed E-state index contributed by atoms with van der Waals surface area (Å²) in [5, 5.41) is 10.4. The van der Waals surface area contributed by atoms with Crippen LogP contribution in [0.1, 0.15) is 15.9 Å². The van der Waals surface area contributed by atoms with Gasteiger partial charge in [-0.3, -0.25) is 14.9 Å². The molecule has 4 nitrogen and oxygen atoms in total. The highest BCUT2D eigenvalue weighted by Crippen LogP contribution is 2.23. The topological polar surface area (TPSA) is 60.2 Å². The highest BCUT2D eigenvalue weighted by molar-refractivity contribution is 6.30. The third-order valence-corrected chi connectivity index (χ3v) is 2.17. The van der Waals surface area contributed by atoms with Crippen LogP contribution in [-0.2, 0) is 0 Å². The van der Waals surface area contributed by atoms with E-state index in [9.17, 15) is 19.3 Å². The minimum Gasteiger partial charge on any atom is -0.293 e. The van der Waals surface area contributed by atoms with E-state index in [0.717, 1.165) is 6.07 Å². The van der Waals surface area contributed by atoms with Crippen molar-refractivity contribution >= 4 is 23.1 Å². The van der Waals surface area contributed by atoms with Crippen molar-refractivity contribution in [1.82, 2.24) is 0 Å². The zero-order chi connectivity index (χ0) is 11.6. The lowest BCUT2D eigenvalue weighted by atomic mass is 10.0. The fraction of sp³-hybridized carbons (Fsp3) is 0.222. The summed E-state index contributed by atoms with van der Waals surface area (Å²) >= 11 is 5.28. The first-order chi connectivity index (χ1) is 6.99. The van der Waals surface area contributed by atoms with E-state index in [1.165, 1.54) is 13.0 Å². The monoisotopic (exact) mass is 231 g/mol. The number of ketones is 1. The number of aryl methyl sites for hydroxylation is 1. The van der Waals surface area contributed by atoms with Crippen molar-refractivity contribution in [1.29, 1.82) is 0 Å². The third kappa shape index (κ3) is 2.12. The molecule has 1 rings (SSSR count). The van der Waals surface area contributed by atoms with Crippen molar-refractivity contribution < 1.29 is 14.1 Å². The lowest BCUT2D eigenvalue weighted by molar-refractivity contribution is -0.387. The van der Waals surface area contributed by atoms with Crippen LogP contribution in [0.15, 0.2) is 12.1 Å². The summed E-state index contributed by atoms with van der Waals surface area (Å²) in [5.74, 6) is -2.18. The molecule has 0 unspecified atom stereocenters.